The summed E-state index contributed by atoms with van der Waals surface area (Å²) in [5.41, 5.74) is -0.172. The third-order valence-corrected chi connectivity index (χ3v) is 1.21. The molecule has 0 saturated heterocycles. The van der Waals surface area contributed by atoms with Gasteiger partial charge in [-0.2, -0.15) is 12.6 Å². The number of H-pyrrole nitrogens is 2. The van der Waals surface area contributed by atoms with E-state index in [4.69, 9.17) is 5.11 Å². The molecule has 0 atom stereocenters. The molecule has 3 N–H and O–H groups in total. The number of thiol groups is 1. The molecule has 6 heteroatoms. The second-order valence-electron chi connectivity index (χ2n) is 1.74. The first-order valence-electron chi connectivity index (χ1n) is 3.20. The molecule has 0 saturated carbocycles. The summed E-state index contributed by atoms with van der Waals surface area (Å²) in [7, 11) is 0. The lowest BCUT2D eigenvalue weighted by Gasteiger charge is -1.78. The van der Waals surface area contributed by atoms with Crippen molar-refractivity contribution in [1.82, 2.24) is 9.97 Å². The van der Waals surface area contributed by atoms with E-state index in [1.807, 2.05) is 0 Å². The van der Waals surface area contributed by atoms with Gasteiger partial charge in [-0.1, -0.05) is 0 Å². The number of hydrogen-bond acceptors (Lipinski definition) is 4. The third kappa shape index (κ3) is 6.14. The molecule has 0 bridgehead atoms. The Balaban J connectivity index is 0.000000261. The number of aliphatic hydroxyl groups excluding tert-OH is 1. The van der Waals surface area contributed by atoms with Gasteiger partial charge < -0.3 is 10.1 Å². The largest absolute Gasteiger partial charge is 0.396 e. The molecule has 0 aliphatic carbocycles. The fourth-order valence-electron chi connectivity index (χ4n) is 0.383. The van der Waals surface area contributed by atoms with Crippen molar-refractivity contribution in [2.75, 3.05) is 12.4 Å². The second-order valence-corrected chi connectivity index (χ2v) is 2.60. The van der Waals surface area contributed by atoms with E-state index in [1.165, 1.54) is 12.3 Å². The molecule has 0 aromatic carbocycles. The van der Waals surface area contributed by atoms with Gasteiger partial charge in [0.2, 0.25) is 0 Å². The SMILES string of the molecule is O=c1cc[nH]c(=S)[nH]1.OCCS. The van der Waals surface area contributed by atoms with Gasteiger partial charge in [0.15, 0.2) is 4.77 Å². The molecule has 4 nitrogen and oxygen atoms in total. The van der Waals surface area contributed by atoms with E-state index in [0.717, 1.165) is 0 Å². The summed E-state index contributed by atoms with van der Waals surface area (Å²) in [5.74, 6) is 0.569. The lowest BCUT2D eigenvalue weighted by molar-refractivity contribution is 0.323. The van der Waals surface area contributed by atoms with E-state index in [0.29, 0.717) is 10.5 Å². The summed E-state index contributed by atoms with van der Waals surface area (Å²) in [4.78, 5) is 15.4. The molecule has 12 heavy (non-hydrogen) atoms. The number of aromatic nitrogens is 2. The molecule has 1 aromatic heterocycles. The summed E-state index contributed by atoms with van der Waals surface area (Å²) < 4.78 is 0.359. The number of nitrogens with one attached hydrogen (secondary N) is 2. The molecule has 68 valence electrons. The molecule has 1 rings (SSSR count). The monoisotopic (exact) mass is 206 g/mol. The third-order valence-electron chi connectivity index (χ3n) is 0.786. The Kier molecular flexibility index (Phi) is 6.73. The van der Waals surface area contributed by atoms with Crippen molar-refractivity contribution in [3.05, 3.63) is 27.4 Å². The molecule has 0 radical (unpaired) electrons. The standard InChI is InChI=1S/C4H4N2OS.C2H6OS/c7-3-1-2-5-4(8)6-3;3-1-2-4/h1-2H,(H2,5,6,7,8);3-4H,1-2H2. The van der Waals surface area contributed by atoms with Gasteiger partial charge in [0.05, 0.1) is 6.61 Å². The van der Waals surface area contributed by atoms with Crippen LogP contribution in [0.1, 0.15) is 0 Å². The zero-order valence-corrected chi connectivity index (χ0v) is 7.99. The summed E-state index contributed by atoms with van der Waals surface area (Å²) in [6, 6.07) is 1.37. The molecule has 0 fully saturated rings. The van der Waals surface area contributed by atoms with E-state index in [2.05, 4.69) is 34.8 Å². The predicted molar refractivity (Wildman–Crippen MR) is 53.2 cm³/mol. The van der Waals surface area contributed by atoms with Gasteiger partial charge >= 0.3 is 0 Å². The van der Waals surface area contributed by atoms with Crippen LogP contribution in [0.3, 0.4) is 0 Å². The Labute approximate surface area is 80.1 Å². The first kappa shape index (κ1) is 11.4. The smallest absolute Gasteiger partial charge is 0.251 e. The van der Waals surface area contributed by atoms with Gasteiger partial charge in [-0.05, 0) is 12.2 Å². The normalized spacial score (nSPS) is 8.50. The van der Waals surface area contributed by atoms with Crippen LogP contribution in [0.4, 0.5) is 0 Å². The molecule has 0 aliphatic rings. The van der Waals surface area contributed by atoms with Crippen LogP contribution in [-0.4, -0.2) is 27.4 Å². The van der Waals surface area contributed by atoms with Gasteiger partial charge in [-0.15, -0.1) is 0 Å². The zero-order valence-electron chi connectivity index (χ0n) is 6.28. The number of aromatic amines is 2. The van der Waals surface area contributed by atoms with E-state index >= 15 is 0 Å². The van der Waals surface area contributed by atoms with Gasteiger partial charge in [0, 0.05) is 18.0 Å². The van der Waals surface area contributed by atoms with Crippen molar-refractivity contribution in [3.63, 3.8) is 0 Å². The van der Waals surface area contributed by atoms with Gasteiger partial charge in [0.25, 0.3) is 5.56 Å². The number of aliphatic hydroxyl groups is 1. The topological polar surface area (TPSA) is 68.9 Å². The zero-order chi connectivity index (χ0) is 9.40. The first-order chi connectivity index (χ1) is 5.70. The fourth-order valence-corrected chi connectivity index (χ4v) is 0.551. The molecule has 0 amide bonds. The van der Waals surface area contributed by atoms with Crippen LogP contribution < -0.4 is 5.56 Å². The average Bonchev–Trinajstić information content (AvgIpc) is 2.04. The van der Waals surface area contributed by atoms with Crippen LogP contribution in [0.2, 0.25) is 0 Å². The minimum atomic E-state index is -0.172. The van der Waals surface area contributed by atoms with Gasteiger partial charge in [-0.25, -0.2) is 0 Å². The first-order valence-corrected chi connectivity index (χ1v) is 4.24. The van der Waals surface area contributed by atoms with Crippen molar-refractivity contribution in [3.8, 4) is 0 Å². The fraction of sp³-hybridized carbons (Fsp3) is 0.333. The summed E-state index contributed by atoms with van der Waals surface area (Å²) in [6.07, 6.45) is 1.50. The maximum atomic E-state index is 10.3. The highest BCUT2D eigenvalue weighted by Crippen LogP contribution is 1.67. The Bertz CT molecular complexity index is 279. The Hall–Kier alpha value is -0.590. The summed E-state index contributed by atoms with van der Waals surface area (Å²) in [5, 5.41) is 7.80. The highest BCUT2D eigenvalue weighted by atomic mass is 32.1. The van der Waals surface area contributed by atoms with Crippen LogP contribution in [0.15, 0.2) is 17.1 Å². The van der Waals surface area contributed by atoms with Crippen molar-refractivity contribution in [1.29, 1.82) is 0 Å². The van der Waals surface area contributed by atoms with Crippen LogP contribution >= 0.6 is 24.8 Å². The number of rotatable bonds is 1. The average molecular weight is 206 g/mol. The lowest BCUT2D eigenvalue weighted by Crippen LogP contribution is -2.02. The maximum absolute atomic E-state index is 10.3. The minimum absolute atomic E-state index is 0.172. The molecule has 1 aromatic rings. The molecule has 0 unspecified atom stereocenters. The van der Waals surface area contributed by atoms with Crippen molar-refractivity contribution < 1.29 is 5.11 Å². The van der Waals surface area contributed by atoms with Gasteiger partial charge in [0.1, 0.15) is 0 Å². The minimum Gasteiger partial charge on any atom is -0.396 e. The summed E-state index contributed by atoms with van der Waals surface area (Å²) in [6.45, 7) is 0.184. The van der Waals surface area contributed by atoms with E-state index in [9.17, 15) is 4.79 Å². The van der Waals surface area contributed by atoms with E-state index in [-0.39, 0.29) is 12.2 Å². The molecule has 0 aliphatic heterocycles. The Morgan fingerprint density at radius 1 is 1.67 bits per heavy atom. The van der Waals surface area contributed by atoms with E-state index in [1.54, 1.807) is 0 Å². The Morgan fingerprint density at radius 2 is 2.25 bits per heavy atom. The quantitative estimate of drug-likeness (QED) is 0.396. The molecular formula is C6H10N2O2S2. The van der Waals surface area contributed by atoms with Crippen LogP contribution in [0.25, 0.3) is 0 Å². The number of hydrogen-bond donors (Lipinski definition) is 4. The van der Waals surface area contributed by atoms with Crippen LogP contribution in [0, 0.1) is 4.77 Å². The molecule has 0 spiro atoms. The maximum Gasteiger partial charge on any atom is 0.251 e. The lowest BCUT2D eigenvalue weighted by atomic mass is 10.7. The van der Waals surface area contributed by atoms with Crippen molar-refractivity contribution in [2.45, 2.75) is 0 Å². The van der Waals surface area contributed by atoms with Crippen LogP contribution in [0.5, 0.6) is 0 Å². The van der Waals surface area contributed by atoms with Gasteiger partial charge in [-0.3, -0.25) is 9.78 Å². The highest BCUT2D eigenvalue weighted by Gasteiger charge is 1.74. The second kappa shape index (κ2) is 7.08. The van der Waals surface area contributed by atoms with Crippen molar-refractivity contribution in [2.24, 2.45) is 0 Å². The molecule has 1 heterocycles. The summed E-state index contributed by atoms with van der Waals surface area (Å²) >= 11 is 8.26. The highest BCUT2D eigenvalue weighted by molar-refractivity contribution is 7.80. The molecular weight excluding hydrogens is 196 g/mol. The Morgan fingerprint density at radius 3 is 2.50 bits per heavy atom. The van der Waals surface area contributed by atoms with E-state index < -0.39 is 0 Å². The predicted octanol–water partition coefficient (Wildman–Crippen LogP) is 0.341. The van der Waals surface area contributed by atoms with Crippen molar-refractivity contribution >= 4 is 24.8 Å². The van der Waals surface area contributed by atoms with Crippen LogP contribution in [-0.2, 0) is 0 Å².